The molecule has 2 heteroatoms. The van der Waals surface area contributed by atoms with Crippen molar-refractivity contribution in [2.75, 3.05) is 12.3 Å². The Bertz CT molecular complexity index is 97.7. The molecule has 1 N–H and O–H groups in total. The molecule has 1 aliphatic heterocycles. The SMILES string of the molecule is CC(C)SC[C@@H]1CCCCN1. The van der Waals surface area contributed by atoms with E-state index in [1.807, 2.05) is 0 Å². The maximum Gasteiger partial charge on any atom is 0.0158 e. The van der Waals surface area contributed by atoms with Gasteiger partial charge in [-0.15, -0.1) is 0 Å². The van der Waals surface area contributed by atoms with Gasteiger partial charge >= 0.3 is 0 Å². The van der Waals surface area contributed by atoms with Gasteiger partial charge in [-0.1, -0.05) is 20.3 Å². The van der Waals surface area contributed by atoms with Crippen LogP contribution >= 0.6 is 11.8 Å². The van der Waals surface area contributed by atoms with Gasteiger partial charge in [-0.05, 0) is 24.6 Å². The summed E-state index contributed by atoms with van der Waals surface area (Å²) in [7, 11) is 0. The second-order valence-corrected chi connectivity index (χ2v) is 5.14. The molecule has 0 bridgehead atoms. The van der Waals surface area contributed by atoms with Gasteiger partial charge in [-0.2, -0.15) is 11.8 Å². The van der Waals surface area contributed by atoms with E-state index >= 15 is 0 Å². The molecule has 0 aromatic rings. The Balaban J connectivity index is 2.05. The molecule has 0 aromatic carbocycles. The Morgan fingerprint density at radius 2 is 2.27 bits per heavy atom. The van der Waals surface area contributed by atoms with Crippen molar-refractivity contribution in [1.29, 1.82) is 0 Å². The summed E-state index contributed by atoms with van der Waals surface area (Å²) in [6.45, 7) is 5.78. The summed E-state index contributed by atoms with van der Waals surface area (Å²) in [6, 6.07) is 0.802. The first-order valence-electron chi connectivity index (χ1n) is 4.64. The van der Waals surface area contributed by atoms with E-state index in [-0.39, 0.29) is 0 Å². The molecule has 1 aliphatic rings. The molecule has 0 unspecified atom stereocenters. The standard InChI is InChI=1S/C9H19NS/c1-8(2)11-7-9-5-3-4-6-10-9/h8-10H,3-7H2,1-2H3/t9-/m0/s1. The van der Waals surface area contributed by atoms with E-state index in [9.17, 15) is 0 Å². The fourth-order valence-electron chi connectivity index (χ4n) is 1.37. The summed E-state index contributed by atoms with van der Waals surface area (Å²) in [4.78, 5) is 0. The highest BCUT2D eigenvalue weighted by molar-refractivity contribution is 7.99. The van der Waals surface area contributed by atoms with Crippen LogP contribution in [-0.2, 0) is 0 Å². The van der Waals surface area contributed by atoms with E-state index in [4.69, 9.17) is 0 Å². The van der Waals surface area contributed by atoms with E-state index in [0.29, 0.717) is 0 Å². The summed E-state index contributed by atoms with van der Waals surface area (Å²) >= 11 is 2.08. The predicted molar refractivity (Wildman–Crippen MR) is 53.2 cm³/mol. The molecule has 1 atom stereocenters. The number of thioether (sulfide) groups is 1. The van der Waals surface area contributed by atoms with Crippen LogP contribution in [0.2, 0.25) is 0 Å². The molecular weight excluding hydrogens is 154 g/mol. The van der Waals surface area contributed by atoms with Gasteiger partial charge in [0.15, 0.2) is 0 Å². The first-order valence-corrected chi connectivity index (χ1v) is 5.69. The second-order valence-electron chi connectivity index (χ2n) is 3.53. The zero-order chi connectivity index (χ0) is 8.10. The summed E-state index contributed by atoms with van der Waals surface area (Å²) in [5.74, 6) is 1.30. The van der Waals surface area contributed by atoms with E-state index in [1.54, 1.807) is 0 Å². The van der Waals surface area contributed by atoms with Crippen molar-refractivity contribution < 1.29 is 0 Å². The lowest BCUT2D eigenvalue weighted by Gasteiger charge is -2.23. The van der Waals surface area contributed by atoms with Crippen molar-refractivity contribution in [3.05, 3.63) is 0 Å². The topological polar surface area (TPSA) is 12.0 Å². The summed E-state index contributed by atoms with van der Waals surface area (Å²) < 4.78 is 0. The molecule has 1 heterocycles. The highest BCUT2D eigenvalue weighted by Gasteiger charge is 2.12. The molecule has 1 rings (SSSR count). The monoisotopic (exact) mass is 173 g/mol. The maximum absolute atomic E-state index is 3.55. The first kappa shape index (κ1) is 9.40. The van der Waals surface area contributed by atoms with Crippen LogP contribution in [0.5, 0.6) is 0 Å². The van der Waals surface area contributed by atoms with Crippen molar-refractivity contribution >= 4 is 11.8 Å². The lowest BCUT2D eigenvalue weighted by molar-refractivity contribution is 0.429. The van der Waals surface area contributed by atoms with Crippen LogP contribution in [0.1, 0.15) is 33.1 Å². The summed E-state index contributed by atoms with van der Waals surface area (Å²) in [6.07, 6.45) is 4.19. The minimum Gasteiger partial charge on any atom is -0.313 e. The fourth-order valence-corrected chi connectivity index (χ4v) is 2.28. The molecule has 1 fully saturated rings. The van der Waals surface area contributed by atoms with Crippen molar-refractivity contribution in [2.45, 2.75) is 44.4 Å². The molecule has 0 spiro atoms. The van der Waals surface area contributed by atoms with Crippen LogP contribution in [0.15, 0.2) is 0 Å². The molecule has 66 valence electrons. The number of hydrogen-bond donors (Lipinski definition) is 1. The van der Waals surface area contributed by atoms with Crippen LogP contribution < -0.4 is 5.32 Å². The molecule has 11 heavy (non-hydrogen) atoms. The van der Waals surface area contributed by atoms with E-state index in [1.165, 1.54) is 31.6 Å². The Kier molecular flexibility index (Phi) is 4.31. The second kappa shape index (κ2) is 5.04. The molecule has 0 aliphatic carbocycles. The number of piperidine rings is 1. The Hall–Kier alpha value is 0.310. The maximum atomic E-state index is 3.55. The minimum atomic E-state index is 0.790. The average molecular weight is 173 g/mol. The van der Waals surface area contributed by atoms with Gasteiger partial charge in [0.25, 0.3) is 0 Å². The average Bonchev–Trinajstić information content (AvgIpc) is 2.03. The van der Waals surface area contributed by atoms with Gasteiger partial charge in [-0.3, -0.25) is 0 Å². The van der Waals surface area contributed by atoms with Gasteiger partial charge in [0, 0.05) is 11.8 Å². The lowest BCUT2D eigenvalue weighted by Crippen LogP contribution is -2.36. The van der Waals surface area contributed by atoms with Crippen molar-refractivity contribution in [3.63, 3.8) is 0 Å². The Morgan fingerprint density at radius 1 is 1.45 bits per heavy atom. The third-order valence-electron chi connectivity index (χ3n) is 2.04. The van der Waals surface area contributed by atoms with E-state index < -0.39 is 0 Å². The van der Waals surface area contributed by atoms with Crippen LogP contribution in [0.25, 0.3) is 0 Å². The van der Waals surface area contributed by atoms with E-state index in [0.717, 1.165) is 11.3 Å². The van der Waals surface area contributed by atoms with Crippen LogP contribution in [0.3, 0.4) is 0 Å². The van der Waals surface area contributed by atoms with Gasteiger partial charge < -0.3 is 5.32 Å². The number of rotatable bonds is 3. The quantitative estimate of drug-likeness (QED) is 0.702. The zero-order valence-electron chi connectivity index (χ0n) is 7.60. The predicted octanol–water partition coefficient (Wildman–Crippen LogP) is 2.27. The van der Waals surface area contributed by atoms with E-state index in [2.05, 4.69) is 30.9 Å². The van der Waals surface area contributed by atoms with Crippen molar-refractivity contribution in [1.82, 2.24) is 5.32 Å². The smallest absolute Gasteiger partial charge is 0.0158 e. The minimum absolute atomic E-state index is 0.790. The molecule has 1 saturated heterocycles. The lowest BCUT2D eigenvalue weighted by atomic mass is 10.1. The molecule has 0 aromatic heterocycles. The summed E-state index contributed by atoms with van der Waals surface area (Å²) in [5.41, 5.74) is 0. The Labute approximate surface area is 74.3 Å². The largest absolute Gasteiger partial charge is 0.313 e. The van der Waals surface area contributed by atoms with Gasteiger partial charge in [0.1, 0.15) is 0 Å². The number of nitrogens with one attached hydrogen (secondary N) is 1. The molecule has 0 saturated carbocycles. The van der Waals surface area contributed by atoms with Crippen LogP contribution in [0, 0.1) is 0 Å². The highest BCUT2D eigenvalue weighted by Crippen LogP contribution is 2.15. The van der Waals surface area contributed by atoms with Crippen molar-refractivity contribution in [3.8, 4) is 0 Å². The normalized spacial score (nSPS) is 25.9. The molecule has 0 amide bonds. The summed E-state index contributed by atoms with van der Waals surface area (Å²) in [5, 5.41) is 4.34. The fraction of sp³-hybridized carbons (Fsp3) is 1.00. The third-order valence-corrected chi connectivity index (χ3v) is 3.30. The molecule has 0 radical (unpaired) electrons. The van der Waals surface area contributed by atoms with Crippen molar-refractivity contribution in [2.24, 2.45) is 0 Å². The van der Waals surface area contributed by atoms with Gasteiger partial charge in [0.05, 0.1) is 0 Å². The van der Waals surface area contributed by atoms with Crippen LogP contribution in [-0.4, -0.2) is 23.6 Å². The highest BCUT2D eigenvalue weighted by atomic mass is 32.2. The first-order chi connectivity index (χ1) is 5.29. The number of hydrogen-bond acceptors (Lipinski definition) is 2. The van der Waals surface area contributed by atoms with Gasteiger partial charge in [-0.25, -0.2) is 0 Å². The third kappa shape index (κ3) is 4.02. The molecule has 1 nitrogen and oxygen atoms in total. The molecular formula is C9H19NS. The van der Waals surface area contributed by atoms with Gasteiger partial charge in [0.2, 0.25) is 0 Å². The zero-order valence-corrected chi connectivity index (χ0v) is 8.41. The Morgan fingerprint density at radius 3 is 2.82 bits per heavy atom. The van der Waals surface area contributed by atoms with Crippen LogP contribution in [0.4, 0.5) is 0 Å².